The van der Waals surface area contributed by atoms with Crippen molar-refractivity contribution in [2.45, 2.75) is 6.42 Å². The van der Waals surface area contributed by atoms with Gasteiger partial charge in [-0.1, -0.05) is 53.8 Å². The van der Waals surface area contributed by atoms with Gasteiger partial charge in [-0.25, -0.2) is 4.39 Å². The topological polar surface area (TPSA) is 69.6 Å². The molecule has 1 aliphatic rings. The first-order valence-electron chi connectivity index (χ1n) is 8.13. The minimum absolute atomic E-state index is 0.0363. The lowest BCUT2D eigenvalue weighted by atomic mass is 10.2. The minimum Gasteiger partial charge on any atom is -0.506 e. The molecule has 0 aromatic heterocycles. The number of halogens is 2. The van der Waals surface area contributed by atoms with Crippen molar-refractivity contribution in [3.8, 4) is 5.75 Å². The zero-order chi connectivity index (χ0) is 20.3. The summed E-state index contributed by atoms with van der Waals surface area (Å²) in [6, 6.07) is 10.4. The highest BCUT2D eigenvalue weighted by Gasteiger charge is 2.32. The number of aromatic hydroxyl groups is 1. The lowest BCUT2D eigenvalue weighted by molar-refractivity contribution is -0.122. The van der Waals surface area contributed by atoms with Gasteiger partial charge < -0.3 is 10.4 Å². The number of hydrogen-bond acceptors (Lipinski definition) is 5. The van der Waals surface area contributed by atoms with Crippen molar-refractivity contribution in [1.82, 2.24) is 4.90 Å². The van der Waals surface area contributed by atoms with E-state index in [0.717, 1.165) is 11.8 Å². The van der Waals surface area contributed by atoms with Crippen LogP contribution in [-0.4, -0.2) is 32.7 Å². The molecule has 1 heterocycles. The first-order valence-corrected chi connectivity index (χ1v) is 9.73. The number of rotatable bonds is 5. The SMILES string of the molecule is O=C(CCN1C(=O)/C(=C/c2ccccc2F)SC1=S)Nc1cc(Cl)ccc1O. The molecule has 2 aromatic rings. The Morgan fingerprint density at radius 1 is 1.32 bits per heavy atom. The summed E-state index contributed by atoms with van der Waals surface area (Å²) in [7, 11) is 0. The van der Waals surface area contributed by atoms with Gasteiger partial charge >= 0.3 is 0 Å². The summed E-state index contributed by atoms with van der Waals surface area (Å²) in [4.78, 5) is 26.3. The highest BCUT2D eigenvalue weighted by molar-refractivity contribution is 8.26. The summed E-state index contributed by atoms with van der Waals surface area (Å²) in [5.74, 6) is -1.34. The number of carbonyl (C=O) groups is 2. The highest BCUT2D eigenvalue weighted by atomic mass is 35.5. The predicted octanol–water partition coefficient (Wildman–Crippen LogP) is 4.41. The summed E-state index contributed by atoms with van der Waals surface area (Å²) in [5, 5.41) is 12.6. The normalized spacial score (nSPS) is 15.4. The van der Waals surface area contributed by atoms with Crippen molar-refractivity contribution in [3.05, 3.63) is 63.8 Å². The van der Waals surface area contributed by atoms with E-state index in [0.29, 0.717) is 14.2 Å². The van der Waals surface area contributed by atoms with Crippen molar-refractivity contribution in [2.24, 2.45) is 0 Å². The van der Waals surface area contributed by atoms with Crippen LogP contribution >= 0.6 is 35.6 Å². The summed E-state index contributed by atoms with van der Waals surface area (Å²) >= 11 is 12.1. The van der Waals surface area contributed by atoms with Crippen LogP contribution in [0.3, 0.4) is 0 Å². The maximum Gasteiger partial charge on any atom is 0.266 e. The van der Waals surface area contributed by atoms with Gasteiger partial charge in [-0.3, -0.25) is 14.5 Å². The zero-order valence-corrected chi connectivity index (χ0v) is 16.7. The summed E-state index contributed by atoms with van der Waals surface area (Å²) in [6.07, 6.45) is 1.41. The van der Waals surface area contributed by atoms with Crippen molar-refractivity contribution < 1.29 is 19.1 Å². The third-order valence-electron chi connectivity index (χ3n) is 3.86. The Morgan fingerprint density at radius 3 is 2.82 bits per heavy atom. The molecule has 0 radical (unpaired) electrons. The van der Waals surface area contributed by atoms with E-state index in [1.54, 1.807) is 18.2 Å². The zero-order valence-electron chi connectivity index (χ0n) is 14.3. The number of nitrogens with one attached hydrogen (secondary N) is 1. The second-order valence-corrected chi connectivity index (χ2v) is 7.93. The number of thioether (sulfide) groups is 1. The van der Waals surface area contributed by atoms with Gasteiger partial charge in [-0.15, -0.1) is 0 Å². The second kappa shape index (κ2) is 8.72. The Hall–Kier alpha value is -2.42. The Morgan fingerprint density at radius 2 is 2.07 bits per heavy atom. The number of carbonyl (C=O) groups excluding carboxylic acids is 2. The van der Waals surface area contributed by atoms with E-state index >= 15 is 0 Å². The number of hydrogen-bond donors (Lipinski definition) is 2. The maximum absolute atomic E-state index is 13.8. The van der Waals surface area contributed by atoms with E-state index < -0.39 is 11.7 Å². The molecule has 0 spiro atoms. The fourth-order valence-electron chi connectivity index (χ4n) is 2.46. The van der Waals surface area contributed by atoms with E-state index in [4.69, 9.17) is 23.8 Å². The molecule has 3 rings (SSSR count). The molecule has 2 amide bonds. The maximum atomic E-state index is 13.8. The van der Waals surface area contributed by atoms with Crippen LogP contribution in [0, 0.1) is 5.82 Å². The molecule has 1 saturated heterocycles. The van der Waals surface area contributed by atoms with Crippen molar-refractivity contribution in [1.29, 1.82) is 0 Å². The van der Waals surface area contributed by atoms with Gasteiger partial charge in [0.1, 0.15) is 15.9 Å². The number of amides is 2. The molecule has 9 heteroatoms. The number of thiocarbonyl (C=S) groups is 1. The number of phenolic OH excluding ortho intramolecular Hbond substituents is 1. The summed E-state index contributed by atoms with van der Waals surface area (Å²) < 4.78 is 14.1. The molecule has 28 heavy (non-hydrogen) atoms. The number of nitrogens with zero attached hydrogens (tertiary/aromatic N) is 1. The lowest BCUT2D eigenvalue weighted by Gasteiger charge is -2.14. The third kappa shape index (κ3) is 4.70. The molecule has 144 valence electrons. The first kappa shape index (κ1) is 20.3. The molecule has 5 nitrogen and oxygen atoms in total. The molecular formula is C19H14ClFN2O3S2. The van der Waals surface area contributed by atoms with Crippen LogP contribution in [-0.2, 0) is 9.59 Å². The number of benzene rings is 2. The van der Waals surface area contributed by atoms with Crippen molar-refractivity contribution in [2.75, 3.05) is 11.9 Å². The van der Waals surface area contributed by atoms with Crippen molar-refractivity contribution in [3.63, 3.8) is 0 Å². The molecule has 0 saturated carbocycles. The van der Waals surface area contributed by atoms with E-state index in [1.807, 2.05) is 0 Å². The molecule has 0 atom stereocenters. The fraction of sp³-hybridized carbons (Fsp3) is 0.105. The Kier molecular flexibility index (Phi) is 6.33. The van der Waals surface area contributed by atoms with Crippen LogP contribution < -0.4 is 5.32 Å². The molecule has 0 aliphatic carbocycles. The van der Waals surface area contributed by atoms with Gasteiger partial charge in [-0.05, 0) is 30.3 Å². The van der Waals surface area contributed by atoms with Crippen molar-refractivity contribution >= 4 is 63.5 Å². The van der Waals surface area contributed by atoms with E-state index in [2.05, 4.69) is 5.32 Å². The van der Waals surface area contributed by atoms with E-state index in [1.165, 1.54) is 35.2 Å². The smallest absolute Gasteiger partial charge is 0.266 e. The highest BCUT2D eigenvalue weighted by Crippen LogP contribution is 2.33. The van der Waals surface area contributed by atoms with Gasteiger partial charge in [0.15, 0.2) is 0 Å². The predicted molar refractivity (Wildman–Crippen MR) is 113 cm³/mol. The molecule has 1 fully saturated rings. The second-order valence-electron chi connectivity index (χ2n) is 5.81. The van der Waals surface area contributed by atoms with Gasteiger partial charge in [0, 0.05) is 23.6 Å². The summed E-state index contributed by atoms with van der Waals surface area (Å²) in [6.45, 7) is 0.0619. The van der Waals surface area contributed by atoms with Gasteiger partial charge in [0.2, 0.25) is 5.91 Å². The Bertz CT molecular complexity index is 997. The van der Waals surface area contributed by atoms with Crippen LogP contribution in [0.4, 0.5) is 10.1 Å². The largest absolute Gasteiger partial charge is 0.506 e. The van der Waals surface area contributed by atoms with Crippen LogP contribution in [0.25, 0.3) is 6.08 Å². The minimum atomic E-state index is -0.437. The van der Waals surface area contributed by atoms with Gasteiger partial charge in [0.05, 0.1) is 10.6 Å². The monoisotopic (exact) mass is 436 g/mol. The average molecular weight is 437 g/mol. The van der Waals surface area contributed by atoms with Crippen LogP contribution in [0.2, 0.25) is 5.02 Å². The van der Waals surface area contributed by atoms with E-state index in [9.17, 15) is 19.1 Å². The quantitative estimate of drug-likeness (QED) is 0.412. The summed E-state index contributed by atoms with van der Waals surface area (Å²) in [5.41, 5.74) is 0.472. The number of phenols is 1. The van der Waals surface area contributed by atoms with Crippen LogP contribution in [0.5, 0.6) is 5.75 Å². The fourth-order valence-corrected chi connectivity index (χ4v) is 3.93. The molecule has 1 aliphatic heterocycles. The standard InChI is InChI=1S/C19H14ClFN2O3S2/c20-12-5-6-15(24)14(10-12)22-17(25)7-8-23-18(26)16(28-19(23)27)9-11-3-1-2-4-13(11)21/h1-6,9-10,24H,7-8H2,(H,22,25)/b16-9-. The van der Waals surface area contributed by atoms with Gasteiger partial charge in [0.25, 0.3) is 5.91 Å². The third-order valence-corrected chi connectivity index (χ3v) is 5.47. The average Bonchev–Trinajstić information content (AvgIpc) is 2.91. The van der Waals surface area contributed by atoms with Gasteiger partial charge in [-0.2, -0.15) is 0 Å². The first-order chi connectivity index (χ1) is 13.3. The molecular weight excluding hydrogens is 423 g/mol. The molecule has 0 bridgehead atoms. The molecule has 0 unspecified atom stereocenters. The molecule has 2 N–H and O–H groups in total. The molecule has 2 aromatic carbocycles. The van der Waals surface area contributed by atoms with E-state index in [-0.39, 0.29) is 35.9 Å². The van der Waals surface area contributed by atoms with Crippen LogP contribution in [0.1, 0.15) is 12.0 Å². The number of anilines is 1. The Balaban J connectivity index is 1.64. The Labute approximate surface area is 175 Å². The lowest BCUT2D eigenvalue weighted by Crippen LogP contribution is -2.31. The van der Waals surface area contributed by atoms with Crippen LogP contribution in [0.15, 0.2) is 47.4 Å².